The van der Waals surface area contributed by atoms with Gasteiger partial charge in [-0.15, -0.1) is 0 Å². The van der Waals surface area contributed by atoms with Gasteiger partial charge >= 0.3 is 0 Å². The minimum atomic E-state index is -0.421. The molecule has 3 aromatic rings. The highest BCUT2D eigenvalue weighted by atomic mass is 16.3. The maximum atomic E-state index is 12.2. The Morgan fingerprint density at radius 2 is 2.10 bits per heavy atom. The Balaban J connectivity index is 2.00. The largest absolute Gasteiger partial charge is 0.469 e. The van der Waals surface area contributed by atoms with Crippen LogP contribution in [-0.2, 0) is 0 Å². The molecular formula is C14H11N3O3. The third-order valence-electron chi connectivity index (χ3n) is 2.99. The lowest BCUT2D eigenvalue weighted by Gasteiger charge is -2.07. The van der Waals surface area contributed by atoms with Crippen LogP contribution in [0.5, 0.6) is 0 Å². The fourth-order valence-electron chi connectivity index (χ4n) is 1.94. The van der Waals surface area contributed by atoms with Crippen LogP contribution in [0.1, 0.15) is 16.1 Å². The van der Waals surface area contributed by atoms with Gasteiger partial charge in [-0.25, -0.2) is 9.66 Å². The third-order valence-corrected chi connectivity index (χ3v) is 2.99. The van der Waals surface area contributed by atoms with Crippen LogP contribution in [0.25, 0.3) is 10.9 Å². The van der Waals surface area contributed by atoms with E-state index in [0.717, 1.165) is 4.68 Å². The summed E-state index contributed by atoms with van der Waals surface area (Å²) in [5.41, 5.74) is 3.13. The molecule has 0 atom stereocenters. The lowest BCUT2D eigenvalue weighted by atomic mass is 10.2. The number of aromatic nitrogens is 2. The molecule has 3 rings (SSSR count). The number of rotatable bonds is 2. The first-order valence-electron chi connectivity index (χ1n) is 5.98. The van der Waals surface area contributed by atoms with Gasteiger partial charge in [-0.3, -0.25) is 15.0 Å². The molecule has 2 aromatic heterocycles. The zero-order valence-corrected chi connectivity index (χ0v) is 10.7. The fourth-order valence-corrected chi connectivity index (χ4v) is 1.94. The Labute approximate surface area is 113 Å². The summed E-state index contributed by atoms with van der Waals surface area (Å²) in [5.74, 6) is 0.0692. The summed E-state index contributed by atoms with van der Waals surface area (Å²) < 4.78 is 6.13. The molecule has 6 nitrogen and oxygen atoms in total. The van der Waals surface area contributed by atoms with Crippen LogP contribution in [0.3, 0.4) is 0 Å². The fraction of sp³-hybridized carbons (Fsp3) is 0.0714. The Bertz CT molecular complexity index is 848. The molecule has 0 saturated carbocycles. The summed E-state index contributed by atoms with van der Waals surface area (Å²) >= 11 is 0. The molecule has 0 saturated heterocycles. The molecule has 0 aliphatic carbocycles. The number of nitrogens with zero attached hydrogens (tertiary/aromatic N) is 2. The molecule has 0 fully saturated rings. The van der Waals surface area contributed by atoms with Crippen molar-refractivity contribution in [1.82, 2.24) is 9.66 Å². The Kier molecular flexibility index (Phi) is 2.83. The molecule has 0 unspecified atom stereocenters. The van der Waals surface area contributed by atoms with Crippen molar-refractivity contribution in [1.29, 1.82) is 0 Å². The average molecular weight is 269 g/mol. The minimum Gasteiger partial charge on any atom is -0.469 e. The molecular weight excluding hydrogens is 258 g/mol. The smallest absolute Gasteiger partial charge is 0.280 e. The number of fused-ring (bicyclic) bond motifs is 1. The van der Waals surface area contributed by atoms with Crippen LogP contribution >= 0.6 is 0 Å². The van der Waals surface area contributed by atoms with Crippen molar-refractivity contribution in [3.63, 3.8) is 0 Å². The number of carbonyl (C=O) groups is 1. The standard InChI is InChI=1S/C14H11N3O3/c1-9-10(6-7-20-9)13(18)16-17-8-15-12-5-3-2-4-11(12)14(17)19/h2-8H,1H3,(H,16,18). The predicted molar refractivity (Wildman–Crippen MR) is 73.1 cm³/mol. The van der Waals surface area contributed by atoms with E-state index in [2.05, 4.69) is 10.4 Å². The maximum Gasteiger partial charge on any atom is 0.280 e. The van der Waals surface area contributed by atoms with E-state index in [1.54, 1.807) is 37.3 Å². The molecule has 0 spiro atoms. The van der Waals surface area contributed by atoms with E-state index in [9.17, 15) is 9.59 Å². The number of nitrogens with one attached hydrogen (secondary N) is 1. The number of para-hydroxylation sites is 1. The van der Waals surface area contributed by atoms with E-state index >= 15 is 0 Å². The number of aryl methyl sites for hydroxylation is 1. The van der Waals surface area contributed by atoms with Crippen molar-refractivity contribution < 1.29 is 9.21 Å². The predicted octanol–water partition coefficient (Wildman–Crippen LogP) is 1.68. The third kappa shape index (κ3) is 1.97. The number of amides is 1. The van der Waals surface area contributed by atoms with Crippen molar-refractivity contribution in [3.05, 3.63) is 64.6 Å². The molecule has 1 aromatic carbocycles. The van der Waals surface area contributed by atoms with Crippen LogP contribution < -0.4 is 11.0 Å². The highest BCUT2D eigenvalue weighted by Crippen LogP contribution is 2.09. The lowest BCUT2D eigenvalue weighted by molar-refractivity contribution is 0.101. The highest BCUT2D eigenvalue weighted by molar-refractivity contribution is 6.00. The molecule has 20 heavy (non-hydrogen) atoms. The van der Waals surface area contributed by atoms with Gasteiger partial charge in [-0.1, -0.05) is 12.1 Å². The first kappa shape index (κ1) is 12.2. The topological polar surface area (TPSA) is 77.1 Å². The van der Waals surface area contributed by atoms with E-state index in [-0.39, 0.29) is 5.56 Å². The SMILES string of the molecule is Cc1occc1C(=O)Nn1cnc2ccccc2c1=O. The molecule has 0 aliphatic heterocycles. The van der Waals surface area contributed by atoms with Gasteiger partial charge in [-0.2, -0.15) is 0 Å². The van der Waals surface area contributed by atoms with Gasteiger partial charge in [0.1, 0.15) is 12.1 Å². The Morgan fingerprint density at radius 1 is 1.30 bits per heavy atom. The van der Waals surface area contributed by atoms with Gasteiger partial charge in [0.2, 0.25) is 0 Å². The zero-order valence-electron chi connectivity index (χ0n) is 10.7. The van der Waals surface area contributed by atoms with Crippen molar-refractivity contribution in [2.24, 2.45) is 0 Å². The van der Waals surface area contributed by atoms with Gasteiger partial charge in [0.05, 0.1) is 22.7 Å². The molecule has 1 N–H and O–H groups in total. The molecule has 0 aliphatic rings. The lowest BCUT2D eigenvalue weighted by Crippen LogP contribution is -2.33. The molecule has 100 valence electrons. The summed E-state index contributed by atoms with van der Waals surface area (Å²) in [6.45, 7) is 1.68. The Morgan fingerprint density at radius 3 is 2.85 bits per heavy atom. The molecule has 0 bridgehead atoms. The second kappa shape index (κ2) is 4.65. The summed E-state index contributed by atoms with van der Waals surface area (Å²) in [4.78, 5) is 28.4. The number of furan rings is 1. The average Bonchev–Trinajstić information content (AvgIpc) is 2.88. The molecule has 1 amide bonds. The van der Waals surface area contributed by atoms with Gasteiger partial charge in [-0.05, 0) is 25.1 Å². The summed E-state index contributed by atoms with van der Waals surface area (Å²) in [7, 11) is 0. The number of carbonyl (C=O) groups excluding carboxylic acids is 1. The monoisotopic (exact) mass is 269 g/mol. The van der Waals surface area contributed by atoms with Crippen LogP contribution in [0.4, 0.5) is 0 Å². The minimum absolute atomic E-state index is 0.329. The Hall–Kier alpha value is -2.89. The number of benzene rings is 1. The van der Waals surface area contributed by atoms with Crippen molar-refractivity contribution in [2.45, 2.75) is 6.92 Å². The first-order chi connectivity index (χ1) is 9.66. The van der Waals surface area contributed by atoms with Gasteiger partial charge in [0.15, 0.2) is 0 Å². The van der Waals surface area contributed by atoms with E-state index in [4.69, 9.17) is 4.42 Å². The second-order valence-corrected chi connectivity index (χ2v) is 4.27. The zero-order chi connectivity index (χ0) is 14.1. The normalized spacial score (nSPS) is 10.7. The summed E-state index contributed by atoms with van der Waals surface area (Å²) in [6, 6.07) is 8.49. The summed E-state index contributed by atoms with van der Waals surface area (Å²) in [5, 5.41) is 0.444. The van der Waals surface area contributed by atoms with Gasteiger partial charge in [0.25, 0.3) is 11.5 Å². The quantitative estimate of drug-likeness (QED) is 0.767. The van der Waals surface area contributed by atoms with Crippen LogP contribution in [0, 0.1) is 6.92 Å². The van der Waals surface area contributed by atoms with Crippen LogP contribution in [0.15, 0.2) is 52.1 Å². The second-order valence-electron chi connectivity index (χ2n) is 4.27. The van der Waals surface area contributed by atoms with Crippen LogP contribution in [-0.4, -0.2) is 15.6 Å². The molecule has 2 heterocycles. The van der Waals surface area contributed by atoms with E-state index in [1.807, 2.05) is 0 Å². The van der Waals surface area contributed by atoms with Gasteiger partial charge in [0, 0.05) is 0 Å². The first-order valence-corrected chi connectivity index (χ1v) is 5.98. The highest BCUT2D eigenvalue weighted by Gasteiger charge is 2.13. The molecule has 0 radical (unpaired) electrons. The van der Waals surface area contributed by atoms with Crippen LogP contribution in [0.2, 0.25) is 0 Å². The van der Waals surface area contributed by atoms with Gasteiger partial charge < -0.3 is 4.42 Å². The van der Waals surface area contributed by atoms with E-state index < -0.39 is 5.91 Å². The van der Waals surface area contributed by atoms with E-state index in [1.165, 1.54) is 12.6 Å². The maximum absolute atomic E-state index is 12.2. The molecule has 6 heteroatoms. The number of hydrogen-bond donors (Lipinski definition) is 1. The van der Waals surface area contributed by atoms with Crippen molar-refractivity contribution in [3.8, 4) is 0 Å². The van der Waals surface area contributed by atoms with Crippen molar-refractivity contribution in [2.75, 3.05) is 5.43 Å². The van der Waals surface area contributed by atoms with Crippen molar-refractivity contribution >= 4 is 16.8 Å². The summed E-state index contributed by atoms with van der Waals surface area (Å²) in [6.07, 6.45) is 2.71. The number of hydrogen-bond acceptors (Lipinski definition) is 4. The van der Waals surface area contributed by atoms with E-state index in [0.29, 0.717) is 22.2 Å².